The lowest BCUT2D eigenvalue weighted by Gasteiger charge is -2.10. The number of aromatic nitrogens is 6. The van der Waals surface area contributed by atoms with Gasteiger partial charge in [0.2, 0.25) is 0 Å². The van der Waals surface area contributed by atoms with Gasteiger partial charge in [0.15, 0.2) is 34.2 Å². The lowest BCUT2D eigenvalue weighted by molar-refractivity contribution is 0.0593. The standard InChI is InChI=1S/C19H3N11O2/c1-32-19(31)12-11(6-24)29-17-15-13(25-7(2-20)8(3-21)27-15)14-16(18(17)30-12)28-10(5-23)9(4-22)26-14/h1H3. The third kappa shape index (κ3) is 2.63. The van der Waals surface area contributed by atoms with Gasteiger partial charge in [-0.25, -0.2) is 34.7 Å². The molecule has 32 heavy (non-hydrogen) atoms. The quantitative estimate of drug-likeness (QED) is 0.307. The van der Waals surface area contributed by atoms with Crippen LogP contribution in [0.1, 0.15) is 39.0 Å². The van der Waals surface area contributed by atoms with E-state index in [1.165, 1.54) is 0 Å². The Morgan fingerprint density at radius 2 is 0.844 bits per heavy atom. The first kappa shape index (κ1) is 19.5. The van der Waals surface area contributed by atoms with E-state index in [1.807, 2.05) is 0 Å². The normalized spacial score (nSPS) is 10.0. The van der Waals surface area contributed by atoms with Crippen LogP contribution in [0.15, 0.2) is 0 Å². The SMILES string of the molecule is COC(=O)c1nc2c3nc(C#N)c(C#N)nc3c3nc(C#N)c(C#N)nc3c2nc1C#N. The highest BCUT2D eigenvalue weighted by Gasteiger charge is 2.25. The van der Waals surface area contributed by atoms with Crippen molar-refractivity contribution in [3.63, 3.8) is 0 Å². The maximum Gasteiger partial charge on any atom is 0.359 e. The number of nitriles is 5. The van der Waals surface area contributed by atoms with Gasteiger partial charge in [-0.2, -0.15) is 26.3 Å². The van der Waals surface area contributed by atoms with Gasteiger partial charge < -0.3 is 4.74 Å². The van der Waals surface area contributed by atoms with Crippen molar-refractivity contribution < 1.29 is 9.53 Å². The van der Waals surface area contributed by atoms with Gasteiger partial charge in [-0.05, 0) is 0 Å². The lowest BCUT2D eigenvalue weighted by Crippen LogP contribution is -2.11. The number of hydrogen-bond acceptors (Lipinski definition) is 13. The third-order valence-electron chi connectivity index (χ3n) is 4.27. The van der Waals surface area contributed by atoms with Gasteiger partial charge in [-0.1, -0.05) is 0 Å². The minimum absolute atomic E-state index is 0.0550. The second kappa shape index (κ2) is 7.20. The highest BCUT2D eigenvalue weighted by atomic mass is 16.5. The Kier molecular flexibility index (Phi) is 4.38. The smallest absolute Gasteiger partial charge is 0.359 e. The van der Waals surface area contributed by atoms with Gasteiger partial charge in [0.1, 0.15) is 63.4 Å². The third-order valence-corrected chi connectivity index (χ3v) is 4.27. The summed E-state index contributed by atoms with van der Waals surface area (Å²) in [5, 5.41) is 46.8. The molecule has 0 spiro atoms. The van der Waals surface area contributed by atoms with Crippen LogP contribution in [0, 0.1) is 56.7 Å². The number of carbonyl (C=O) groups excluding carboxylic acids is 1. The lowest BCUT2D eigenvalue weighted by atomic mass is 10.1. The minimum atomic E-state index is -0.949. The summed E-state index contributed by atoms with van der Waals surface area (Å²) < 4.78 is 4.64. The Morgan fingerprint density at radius 3 is 1.12 bits per heavy atom. The number of benzene rings is 1. The summed E-state index contributed by atoms with van der Waals surface area (Å²) in [4.78, 5) is 36.9. The minimum Gasteiger partial charge on any atom is -0.464 e. The molecular weight excluding hydrogens is 414 g/mol. The molecule has 146 valence electrons. The average molecular weight is 417 g/mol. The number of hydrogen-bond donors (Lipinski definition) is 0. The van der Waals surface area contributed by atoms with Crippen LogP contribution >= 0.6 is 0 Å². The van der Waals surface area contributed by atoms with Crippen molar-refractivity contribution in [1.29, 1.82) is 26.3 Å². The largest absolute Gasteiger partial charge is 0.464 e. The Balaban J connectivity index is 2.39. The number of carbonyl (C=O) groups is 1. The van der Waals surface area contributed by atoms with E-state index in [-0.39, 0.29) is 55.9 Å². The van der Waals surface area contributed by atoms with Crippen LogP contribution < -0.4 is 0 Å². The van der Waals surface area contributed by atoms with Gasteiger partial charge in [0.25, 0.3) is 0 Å². The molecule has 0 N–H and O–H groups in total. The monoisotopic (exact) mass is 417 g/mol. The van der Waals surface area contributed by atoms with Crippen molar-refractivity contribution in [3.8, 4) is 30.3 Å². The Morgan fingerprint density at radius 1 is 0.562 bits per heavy atom. The summed E-state index contributed by atoms with van der Waals surface area (Å²) in [6, 6.07) is 8.71. The molecule has 4 aromatic rings. The number of rotatable bonds is 1. The first-order valence-electron chi connectivity index (χ1n) is 8.37. The molecule has 0 aliphatic rings. The van der Waals surface area contributed by atoms with Crippen molar-refractivity contribution in [1.82, 2.24) is 29.9 Å². The van der Waals surface area contributed by atoms with Crippen molar-refractivity contribution in [2.45, 2.75) is 0 Å². The van der Waals surface area contributed by atoms with Crippen LogP contribution in [-0.2, 0) is 4.74 Å². The Bertz CT molecular complexity index is 1690. The first-order valence-corrected chi connectivity index (χ1v) is 8.37. The van der Waals surface area contributed by atoms with Crippen LogP contribution in [0.2, 0.25) is 0 Å². The Labute approximate surface area is 177 Å². The summed E-state index contributed by atoms with van der Waals surface area (Å²) in [7, 11) is 1.09. The highest BCUT2D eigenvalue weighted by molar-refractivity contribution is 6.18. The molecule has 3 aromatic heterocycles. The van der Waals surface area contributed by atoms with E-state index in [0.29, 0.717) is 0 Å². The summed E-state index contributed by atoms with van der Waals surface area (Å²) in [6.07, 6.45) is 0. The average Bonchev–Trinajstić information content (AvgIpc) is 2.85. The van der Waals surface area contributed by atoms with Gasteiger partial charge in [-0.15, -0.1) is 0 Å². The molecule has 4 rings (SSSR count). The summed E-state index contributed by atoms with van der Waals surface area (Å²) in [5.74, 6) is -0.949. The highest BCUT2D eigenvalue weighted by Crippen LogP contribution is 2.31. The molecule has 0 radical (unpaired) electrons. The molecule has 0 saturated carbocycles. The van der Waals surface area contributed by atoms with Crippen LogP contribution in [0.25, 0.3) is 33.1 Å². The number of fused-ring (bicyclic) bond motifs is 6. The number of esters is 1. The second-order valence-electron chi connectivity index (χ2n) is 5.90. The van der Waals surface area contributed by atoms with Crippen molar-refractivity contribution in [3.05, 3.63) is 34.2 Å². The van der Waals surface area contributed by atoms with Gasteiger partial charge >= 0.3 is 5.97 Å². The molecule has 13 nitrogen and oxygen atoms in total. The summed E-state index contributed by atoms with van der Waals surface area (Å²) in [6.45, 7) is 0. The number of nitrogens with zero attached hydrogens (tertiary/aromatic N) is 11. The maximum absolute atomic E-state index is 12.1. The molecule has 0 amide bonds. The number of ether oxygens (including phenoxy) is 1. The van der Waals surface area contributed by atoms with E-state index in [0.717, 1.165) is 7.11 Å². The van der Waals surface area contributed by atoms with Crippen LogP contribution in [-0.4, -0.2) is 43.0 Å². The van der Waals surface area contributed by atoms with Crippen molar-refractivity contribution in [2.24, 2.45) is 0 Å². The predicted molar refractivity (Wildman–Crippen MR) is 101 cm³/mol. The van der Waals surface area contributed by atoms with Crippen molar-refractivity contribution in [2.75, 3.05) is 7.11 Å². The zero-order valence-electron chi connectivity index (χ0n) is 15.7. The fraction of sp³-hybridized carbons (Fsp3) is 0.0526. The Hall–Kier alpha value is -5.84. The maximum atomic E-state index is 12.1. The molecule has 3 heterocycles. The van der Waals surface area contributed by atoms with Crippen LogP contribution in [0.5, 0.6) is 0 Å². The summed E-state index contributed by atoms with van der Waals surface area (Å²) in [5.41, 5.74) is -2.52. The molecule has 0 aliphatic carbocycles. The second-order valence-corrected chi connectivity index (χ2v) is 5.90. The predicted octanol–water partition coefficient (Wildman–Crippen LogP) is 0.661. The van der Waals surface area contributed by atoms with Gasteiger partial charge in [0, 0.05) is 0 Å². The first-order chi connectivity index (χ1) is 15.5. The topological polar surface area (TPSA) is 223 Å². The molecule has 1 aromatic carbocycles. The molecular formula is C19H3N11O2. The molecule has 0 bridgehead atoms. The van der Waals surface area contributed by atoms with Crippen molar-refractivity contribution >= 4 is 39.1 Å². The summed E-state index contributed by atoms with van der Waals surface area (Å²) >= 11 is 0. The molecule has 13 heteroatoms. The molecule has 0 unspecified atom stereocenters. The van der Waals surface area contributed by atoms with Crippen LogP contribution in [0.3, 0.4) is 0 Å². The van der Waals surface area contributed by atoms with E-state index in [4.69, 9.17) is 0 Å². The van der Waals surface area contributed by atoms with E-state index < -0.39 is 17.4 Å². The molecule has 0 atom stereocenters. The zero-order chi connectivity index (χ0) is 23.0. The number of methoxy groups -OCH3 is 1. The van der Waals surface area contributed by atoms with E-state index in [2.05, 4.69) is 34.6 Å². The van der Waals surface area contributed by atoms with Gasteiger partial charge in [-0.3, -0.25) is 0 Å². The van der Waals surface area contributed by atoms with Crippen LogP contribution in [0.4, 0.5) is 0 Å². The van der Waals surface area contributed by atoms with E-state index >= 15 is 0 Å². The fourth-order valence-electron chi connectivity index (χ4n) is 2.93. The molecule has 0 saturated heterocycles. The van der Waals surface area contributed by atoms with Gasteiger partial charge in [0.05, 0.1) is 7.11 Å². The van der Waals surface area contributed by atoms with E-state index in [1.54, 1.807) is 30.3 Å². The molecule has 0 aliphatic heterocycles. The van der Waals surface area contributed by atoms with E-state index in [9.17, 15) is 31.1 Å². The zero-order valence-corrected chi connectivity index (χ0v) is 15.7. The molecule has 0 fully saturated rings. The fourth-order valence-corrected chi connectivity index (χ4v) is 2.93.